The lowest BCUT2D eigenvalue weighted by molar-refractivity contribution is -0.132. The van der Waals surface area contributed by atoms with Crippen LogP contribution in [0.25, 0.3) is 0 Å². The zero-order chi connectivity index (χ0) is 23.7. The van der Waals surface area contributed by atoms with E-state index in [0.29, 0.717) is 13.1 Å². The third-order valence-corrected chi connectivity index (χ3v) is 5.76. The lowest BCUT2D eigenvalue weighted by Crippen LogP contribution is -2.58. The molecule has 2 heterocycles. The Morgan fingerprint density at radius 3 is 2.41 bits per heavy atom. The highest BCUT2D eigenvalue weighted by Gasteiger charge is 2.56. The monoisotopic (exact) mass is 444 g/mol. The first-order valence-electron chi connectivity index (χ1n) is 10.7. The van der Waals surface area contributed by atoms with Gasteiger partial charge in [0, 0.05) is 25.9 Å². The van der Waals surface area contributed by atoms with Gasteiger partial charge in [0.2, 0.25) is 5.91 Å². The fourth-order valence-electron chi connectivity index (χ4n) is 4.18. The van der Waals surface area contributed by atoms with E-state index in [1.54, 1.807) is 25.7 Å². The van der Waals surface area contributed by atoms with Crippen LogP contribution in [0.4, 0.5) is 9.18 Å². The topological polar surface area (TPSA) is 117 Å². The predicted octanol–water partition coefficient (Wildman–Crippen LogP) is 2.45. The van der Waals surface area contributed by atoms with Gasteiger partial charge in [-0.05, 0) is 38.3 Å². The first-order valence-corrected chi connectivity index (χ1v) is 10.7. The second kappa shape index (κ2) is 8.87. The smallest absolute Gasteiger partial charge is 0.412 e. The fourth-order valence-corrected chi connectivity index (χ4v) is 4.18. The highest BCUT2D eigenvalue weighted by molar-refractivity contribution is 5.99. The molecule has 2 N–H and O–H groups in total. The molecule has 2 amide bonds. The molecule has 0 radical (unpaired) electrons. The fraction of sp³-hybridized carbons (Fsp3) is 0.565. The summed E-state index contributed by atoms with van der Waals surface area (Å²) in [6, 6.07) is 8.39. The van der Waals surface area contributed by atoms with E-state index < -0.39 is 48.2 Å². The Morgan fingerprint density at radius 1 is 1.28 bits per heavy atom. The molecule has 3 unspecified atom stereocenters. The normalized spacial score (nSPS) is 23.4. The van der Waals surface area contributed by atoms with Crippen LogP contribution in [-0.4, -0.2) is 57.5 Å². The van der Waals surface area contributed by atoms with Gasteiger partial charge < -0.3 is 15.4 Å². The third-order valence-electron chi connectivity index (χ3n) is 5.76. The maximum atomic E-state index is 14.3. The number of ether oxygens (including phenoxy) is 1. The molecule has 1 aromatic carbocycles. The number of halogens is 1. The molecule has 9 heteroatoms. The van der Waals surface area contributed by atoms with E-state index in [9.17, 15) is 24.0 Å². The van der Waals surface area contributed by atoms with Crippen molar-refractivity contribution in [1.82, 2.24) is 9.80 Å². The number of rotatable bonds is 5. The summed E-state index contributed by atoms with van der Waals surface area (Å²) in [6.45, 7) is 5.48. The quantitative estimate of drug-likeness (QED) is 0.746. The van der Waals surface area contributed by atoms with E-state index in [-0.39, 0.29) is 18.7 Å². The van der Waals surface area contributed by atoms with Crippen LogP contribution in [0.3, 0.4) is 0 Å². The maximum absolute atomic E-state index is 14.3. The van der Waals surface area contributed by atoms with Crippen molar-refractivity contribution in [2.45, 2.75) is 76.5 Å². The van der Waals surface area contributed by atoms with E-state index in [4.69, 9.17) is 10.5 Å². The summed E-state index contributed by atoms with van der Waals surface area (Å²) in [4.78, 5) is 40.9. The van der Waals surface area contributed by atoms with E-state index in [1.807, 2.05) is 30.3 Å². The summed E-state index contributed by atoms with van der Waals surface area (Å²) >= 11 is 0. The highest BCUT2D eigenvalue weighted by atomic mass is 19.1. The van der Waals surface area contributed by atoms with Gasteiger partial charge in [-0.2, -0.15) is 5.26 Å². The van der Waals surface area contributed by atoms with E-state index in [0.717, 1.165) is 16.0 Å². The molecule has 2 aliphatic rings. The van der Waals surface area contributed by atoms with Crippen molar-refractivity contribution in [3.05, 3.63) is 35.4 Å². The Kier molecular flexibility index (Phi) is 6.56. The van der Waals surface area contributed by atoms with Crippen LogP contribution in [0.15, 0.2) is 24.3 Å². The number of Topliss-reactive ketones (excluding diaryl/α,β-unsaturated/α-hetero) is 1. The number of benzene rings is 1. The molecule has 8 nitrogen and oxygen atoms in total. The molecule has 2 aliphatic heterocycles. The molecule has 0 saturated carbocycles. The summed E-state index contributed by atoms with van der Waals surface area (Å²) < 4.78 is 19.5. The lowest BCUT2D eigenvalue weighted by Gasteiger charge is -2.34. The van der Waals surface area contributed by atoms with Gasteiger partial charge in [-0.15, -0.1) is 0 Å². The average molecular weight is 445 g/mol. The molecule has 3 atom stereocenters. The van der Waals surface area contributed by atoms with Gasteiger partial charge in [0.15, 0.2) is 11.3 Å². The molecule has 3 rings (SSSR count). The second-order valence-electron chi connectivity index (χ2n) is 9.39. The molecular weight excluding hydrogens is 415 g/mol. The number of ketones is 1. The highest BCUT2D eigenvalue weighted by Crippen LogP contribution is 2.34. The van der Waals surface area contributed by atoms with Crippen molar-refractivity contribution in [3.8, 4) is 6.07 Å². The van der Waals surface area contributed by atoms with Gasteiger partial charge in [0.1, 0.15) is 11.8 Å². The molecule has 0 aliphatic carbocycles. The summed E-state index contributed by atoms with van der Waals surface area (Å²) in [5.41, 5.74) is 5.29. The minimum absolute atomic E-state index is 0.00689. The van der Waals surface area contributed by atoms with Crippen LogP contribution in [0.5, 0.6) is 0 Å². The van der Waals surface area contributed by atoms with Crippen molar-refractivity contribution in [2.75, 3.05) is 6.54 Å². The summed E-state index contributed by atoms with van der Waals surface area (Å²) in [7, 11) is 0. The molecule has 1 aromatic rings. The minimum atomic E-state index is -2.05. The zero-order valence-corrected chi connectivity index (χ0v) is 18.6. The van der Waals surface area contributed by atoms with Gasteiger partial charge in [0.25, 0.3) is 0 Å². The number of nitrogens with two attached hydrogens (primary N) is 1. The van der Waals surface area contributed by atoms with Crippen molar-refractivity contribution in [1.29, 1.82) is 5.26 Å². The van der Waals surface area contributed by atoms with Gasteiger partial charge in [0.05, 0.1) is 18.7 Å². The number of hydrogen-bond donors (Lipinski definition) is 1. The Labute approximate surface area is 187 Å². The zero-order valence-electron chi connectivity index (χ0n) is 18.6. The van der Waals surface area contributed by atoms with Crippen molar-refractivity contribution >= 4 is 17.8 Å². The van der Waals surface area contributed by atoms with Gasteiger partial charge in [-0.25, -0.2) is 9.18 Å². The Hall–Kier alpha value is -2.99. The van der Waals surface area contributed by atoms with Crippen molar-refractivity contribution < 1.29 is 23.5 Å². The predicted molar refractivity (Wildman–Crippen MR) is 114 cm³/mol. The number of carbonyl (C=O) groups is 3. The first-order chi connectivity index (χ1) is 15.0. The third kappa shape index (κ3) is 4.75. The van der Waals surface area contributed by atoms with Crippen molar-refractivity contribution in [2.24, 2.45) is 5.73 Å². The van der Waals surface area contributed by atoms with Gasteiger partial charge >= 0.3 is 6.09 Å². The number of carbonyl (C=O) groups excluding carboxylic acids is 3. The Morgan fingerprint density at radius 2 is 1.88 bits per heavy atom. The maximum Gasteiger partial charge on any atom is 0.412 e. The molecule has 1 saturated heterocycles. The standard InChI is InChI=1S/C23H29FN4O4/c1-22(2,3)32-21(31)28-13-17(24)10-23(28,14-25)20(30)18(26)8-9-19(29)27-11-15-6-4-5-7-16(15)12-27/h4-7,17-18H,8-13,26H2,1-3H3. The van der Waals surface area contributed by atoms with Gasteiger partial charge in [-0.3, -0.25) is 14.5 Å². The molecule has 0 bridgehead atoms. The average Bonchev–Trinajstić information content (AvgIpc) is 3.31. The number of likely N-dealkylation sites (tertiary alicyclic amines) is 1. The van der Waals surface area contributed by atoms with Crippen LogP contribution >= 0.6 is 0 Å². The van der Waals surface area contributed by atoms with Crippen LogP contribution in [-0.2, 0) is 27.4 Å². The lowest BCUT2D eigenvalue weighted by atomic mass is 9.86. The molecule has 172 valence electrons. The molecule has 1 fully saturated rings. The molecule has 32 heavy (non-hydrogen) atoms. The Balaban J connectivity index is 1.66. The van der Waals surface area contributed by atoms with Gasteiger partial charge in [-0.1, -0.05) is 24.3 Å². The number of amides is 2. The summed E-state index contributed by atoms with van der Waals surface area (Å²) in [5.74, 6) is -0.933. The minimum Gasteiger partial charge on any atom is -0.444 e. The number of fused-ring (bicyclic) bond motifs is 1. The first kappa shape index (κ1) is 23.7. The number of nitrogens with zero attached hydrogens (tertiary/aromatic N) is 3. The largest absolute Gasteiger partial charge is 0.444 e. The molecule has 0 spiro atoms. The second-order valence-corrected chi connectivity index (χ2v) is 9.39. The van der Waals surface area contributed by atoms with E-state index >= 15 is 0 Å². The summed E-state index contributed by atoms with van der Waals surface area (Å²) in [5, 5.41) is 9.80. The van der Waals surface area contributed by atoms with E-state index in [1.165, 1.54) is 0 Å². The Bertz CT molecular complexity index is 929. The van der Waals surface area contributed by atoms with Crippen LogP contribution in [0, 0.1) is 11.3 Å². The SMILES string of the molecule is CC(C)(C)OC(=O)N1CC(F)CC1(C#N)C(=O)C(N)CCC(=O)N1Cc2ccccc2C1. The van der Waals surface area contributed by atoms with E-state index in [2.05, 4.69) is 0 Å². The molecule has 0 aromatic heterocycles. The van der Waals surface area contributed by atoms with Crippen LogP contribution in [0.1, 0.15) is 51.2 Å². The van der Waals surface area contributed by atoms with Crippen molar-refractivity contribution in [3.63, 3.8) is 0 Å². The number of hydrogen-bond acceptors (Lipinski definition) is 6. The number of nitriles is 1. The van der Waals surface area contributed by atoms with Crippen LogP contribution < -0.4 is 5.73 Å². The van der Waals surface area contributed by atoms with Crippen LogP contribution in [0.2, 0.25) is 0 Å². The summed E-state index contributed by atoms with van der Waals surface area (Å²) in [6.07, 6.45) is -2.96. The molecular formula is C23H29FN4O4. The number of alkyl halides is 1.